The standard InChI is InChI=1S/C17H22N2O2/c1-2-9-20-16(6-1)13-19(14-17-7-4-10-21-17)12-15-5-3-8-18-11-15/h3-5,7-8,10-11,16H,1-2,6,9,12-14H2/t16-/m1/s1. The minimum Gasteiger partial charge on any atom is -0.468 e. The van der Waals surface area contributed by atoms with Crippen LogP contribution in [0.25, 0.3) is 0 Å². The van der Waals surface area contributed by atoms with E-state index in [-0.39, 0.29) is 0 Å². The van der Waals surface area contributed by atoms with Crippen LogP contribution in [0.4, 0.5) is 0 Å². The number of hydrogen-bond acceptors (Lipinski definition) is 4. The molecule has 1 aliphatic rings. The molecule has 112 valence electrons. The van der Waals surface area contributed by atoms with Crippen LogP contribution in [-0.4, -0.2) is 29.1 Å². The normalized spacial score (nSPS) is 19.0. The molecule has 3 rings (SSSR count). The minimum absolute atomic E-state index is 0.338. The summed E-state index contributed by atoms with van der Waals surface area (Å²) in [6.07, 6.45) is 9.42. The molecule has 1 fully saturated rings. The van der Waals surface area contributed by atoms with Crippen molar-refractivity contribution in [3.8, 4) is 0 Å². The second-order valence-electron chi connectivity index (χ2n) is 5.60. The molecule has 3 heterocycles. The Bertz CT molecular complexity index is 507. The van der Waals surface area contributed by atoms with E-state index in [9.17, 15) is 0 Å². The van der Waals surface area contributed by atoms with Crippen molar-refractivity contribution in [3.05, 3.63) is 54.2 Å². The molecule has 0 N–H and O–H groups in total. The fraction of sp³-hybridized carbons (Fsp3) is 0.471. The van der Waals surface area contributed by atoms with E-state index in [0.29, 0.717) is 6.10 Å². The fourth-order valence-electron chi connectivity index (χ4n) is 2.80. The summed E-state index contributed by atoms with van der Waals surface area (Å²) in [6, 6.07) is 8.06. The first-order chi connectivity index (χ1) is 10.4. The highest BCUT2D eigenvalue weighted by Gasteiger charge is 2.19. The van der Waals surface area contributed by atoms with Crippen molar-refractivity contribution >= 4 is 0 Å². The summed E-state index contributed by atoms with van der Waals surface area (Å²) in [5.74, 6) is 0.995. The smallest absolute Gasteiger partial charge is 0.117 e. The lowest BCUT2D eigenvalue weighted by molar-refractivity contribution is -0.00975. The van der Waals surface area contributed by atoms with E-state index in [1.807, 2.05) is 30.6 Å². The lowest BCUT2D eigenvalue weighted by atomic mass is 10.1. The SMILES string of the molecule is c1cncc(CN(Cc2ccco2)C[C@H]2CCCCO2)c1. The summed E-state index contributed by atoms with van der Waals surface area (Å²) in [5, 5.41) is 0. The summed E-state index contributed by atoms with van der Waals surface area (Å²) in [7, 11) is 0. The Hall–Kier alpha value is -1.65. The van der Waals surface area contributed by atoms with Crippen LogP contribution in [0.1, 0.15) is 30.6 Å². The van der Waals surface area contributed by atoms with Gasteiger partial charge >= 0.3 is 0 Å². The van der Waals surface area contributed by atoms with E-state index in [1.54, 1.807) is 6.26 Å². The number of aromatic nitrogens is 1. The molecule has 0 radical (unpaired) electrons. The molecule has 2 aromatic rings. The third kappa shape index (κ3) is 4.41. The van der Waals surface area contributed by atoms with E-state index in [0.717, 1.165) is 38.4 Å². The Morgan fingerprint density at radius 2 is 2.19 bits per heavy atom. The van der Waals surface area contributed by atoms with Crippen molar-refractivity contribution in [2.24, 2.45) is 0 Å². The highest BCUT2D eigenvalue weighted by atomic mass is 16.5. The van der Waals surface area contributed by atoms with Gasteiger partial charge in [0, 0.05) is 32.1 Å². The molecule has 1 saturated heterocycles. The van der Waals surface area contributed by atoms with Gasteiger partial charge in [-0.15, -0.1) is 0 Å². The van der Waals surface area contributed by atoms with E-state index in [1.165, 1.54) is 18.4 Å². The molecule has 2 aromatic heterocycles. The Morgan fingerprint density at radius 1 is 1.19 bits per heavy atom. The third-order valence-electron chi connectivity index (χ3n) is 3.82. The van der Waals surface area contributed by atoms with Gasteiger partial charge < -0.3 is 9.15 Å². The average Bonchev–Trinajstić information content (AvgIpc) is 3.02. The largest absolute Gasteiger partial charge is 0.468 e. The lowest BCUT2D eigenvalue weighted by Crippen LogP contribution is -2.35. The lowest BCUT2D eigenvalue weighted by Gasteiger charge is -2.29. The van der Waals surface area contributed by atoms with Crippen molar-refractivity contribution in [3.63, 3.8) is 0 Å². The van der Waals surface area contributed by atoms with Gasteiger partial charge in [-0.25, -0.2) is 0 Å². The van der Waals surface area contributed by atoms with Crippen molar-refractivity contribution in [1.82, 2.24) is 9.88 Å². The number of rotatable bonds is 6. The predicted molar refractivity (Wildman–Crippen MR) is 80.7 cm³/mol. The highest BCUT2D eigenvalue weighted by Crippen LogP contribution is 2.17. The molecule has 0 bridgehead atoms. The zero-order valence-electron chi connectivity index (χ0n) is 12.3. The number of nitrogens with zero attached hydrogens (tertiary/aromatic N) is 2. The first-order valence-electron chi connectivity index (χ1n) is 7.65. The first kappa shape index (κ1) is 14.3. The molecule has 0 amide bonds. The number of hydrogen-bond donors (Lipinski definition) is 0. The third-order valence-corrected chi connectivity index (χ3v) is 3.82. The Kier molecular flexibility index (Phi) is 5.03. The van der Waals surface area contributed by atoms with Gasteiger partial charge in [0.2, 0.25) is 0 Å². The van der Waals surface area contributed by atoms with Gasteiger partial charge in [-0.2, -0.15) is 0 Å². The molecule has 21 heavy (non-hydrogen) atoms. The van der Waals surface area contributed by atoms with Crippen LogP contribution < -0.4 is 0 Å². The second kappa shape index (κ2) is 7.38. The van der Waals surface area contributed by atoms with Crippen LogP contribution in [0.3, 0.4) is 0 Å². The van der Waals surface area contributed by atoms with Gasteiger partial charge in [0.15, 0.2) is 0 Å². The quantitative estimate of drug-likeness (QED) is 0.817. The first-order valence-corrected chi connectivity index (χ1v) is 7.65. The van der Waals surface area contributed by atoms with Gasteiger partial charge in [0.25, 0.3) is 0 Å². The molecule has 1 aliphatic heterocycles. The molecule has 0 aliphatic carbocycles. The number of pyridine rings is 1. The zero-order valence-corrected chi connectivity index (χ0v) is 12.3. The van der Waals surface area contributed by atoms with Crippen LogP contribution in [0.5, 0.6) is 0 Å². The maximum absolute atomic E-state index is 5.88. The molecular weight excluding hydrogens is 264 g/mol. The maximum atomic E-state index is 5.88. The van der Waals surface area contributed by atoms with Crippen molar-refractivity contribution < 1.29 is 9.15 Å². The summed E-state index contributed by atoms with van der Waals surface area (Å²) in [4.78, 5) is 6.58. The van der Waals surface area contributed by atoms with Crippen molar-refractivity contribution in [1.29, 1.82) is 0 Å². The van der Waals surface area contributed by atoms with Crippen molar-refractivity contribution in [2.75, 3.05) is 13.2 Å². The number of ether oxygens (including phenoxy) is 1. The summed E-state index contributed by atoms with van der Waals surface area (Å²) < 4.78 is 11.4. The second-order valence-corrected chi connectivity index (χ2v) is 5.60. The predicted octanol–water partition coefficient (Wildman–Crippen LogP) is 3.25. The van der Waals surface area contributed by atoms with E-state index >= 15 is 0 Å². The average molecular weight is 286 g/mol. The molecule has 0 spiro atoms. The molecule has 4 nitrogen and oxygen atoms in total. The van der Waals surface area contributed by atoms with Crippen LogP contribution in [-0.2, 0) is 17.8 Å². The monoisotopic (exact) mass is 286 g/mol. The van der Waals surface area contributed by atoms with Gasteiger partial charge in [-0.1, -0.05) is 6.07 Å². The zero-order chi connectivity index (χ0) is 14.3. The van der Waals surface area contributed by atoms with Gasteiger partial charge in [-0.3, -0.25) is 9.88 Å². The Morgan fingerprint density at radius 3 is 2.90 bits per heavy atom. The van der Waals surface area contributed by atoms with Gasteiger partial charge in [-0.05, 0) is 43.0 Å². The Balaban J connectivity index is 1.64. The summed E-state index contributed by atoms with van der Waals surface area (Å²) in [5.41, 5.74) is 1.22. The molecule has 0 aromatic carbocycles. The van der Waals surface area contributed by atoms with Crippen LogP contribution in [0.2, 0.25) is 0 Å². The van der Waals surface area contributed by atoms with Crippen LogP contribution in [0.15, 0.2) is 47.3 Å². The molecule has 0 saturated carbocycles. The fourth-order valence-corrected chi connectivity index (χ4v) is 2.80. The van der Waals surface area contributed by atoms with E-state index < -0.39 is 0 Å². The topological polar surface area (TPSA) is 38.5 Å². The van der Waals surface area contributed by atoms with Crippen LogP contribution in [0, 0.1) is 0 Å². The number of furan rings is 1. The minimum atomic E-state index is 0.338. The molecular formula is C17H22N2O2. The molecule has 1 atom stereocenters. The van der Waals surface area contributed by atoms with Crippen molar-refractivity contribution in [2.45, 2.75) is 38.5 Å². The van der Waals surface area contributed by atoms with E-state index in [4.69, 9.17) is 9.15 Å². The highest BCUT2D eigenvalue weighted by molar-refractivity contribution is 5.09. The summed E-state index contributed by atoms with van der Waals surface area (Å²) >= 11 is 0. The Labute approximate surface area is 125 Å². The maximum Gasteiger partial charge on any atom is 0.117 e. The molecule has 4 heteroatoms. The van der Waals surface area contributed by atoms with Gasteiger partial charge in [0.1, 0.15) is 5.76 Å². The summed E-state index contributed by atoms with van der Waals surface area (Å²) in [6.45, 7) is 3.51. The molecule has 0 unspecified atom stereocenters. The van der Waals surface area contributed by atoms with E-state index in [2.05, 4.69) is 16.0 Å². The van der Waals surface area contributed by atoms with Gasteiger partial charge in [0.05, 0.1) is 18.9 Å². The van der Waals surface area contributed by atoms with Crippen LogP contribution >= 0.6 is 0 Å².